The third kappa shape index (κ3) is 2.90. The molecule has 0 radical (unpaired) electrons. The van der Waals surface area contributed by atoms with Crippen molar-refractivity contribution in [3.8, 4) is 0 Å². The number of hydrogen-bond donors (Lipinski definition) is 3. The van der Waals surface area contributed by atoms with Gasteiger partial charge in [-0.2, -0.15) is 0 Å². The van der Waals surface area contributed by atoms with E-state index in [9.17, 15) is 18.3 Å². The van der Waals surface area contributed by atoms with E-state index in [1.807, 2.05) is 0 Å². The molecule has 4 N–H and O–H groups in total. The number of carbonyl (C=O) groups excluding carboxylic acids is 1. The van der Waals surface area contributed by atoms with Gasteiger partial charge in [-0.05, 0) is 13.8 Å². The molecule has 6 nitrogen and oxygen atoms in total. The number of aliphatic hydroxyl groups is 1. The van der Waals surface area contributed by atoms with Gasteiger partial charge < -0.3 is 10.8 Å². The third-order valence-corrected chi connectivity index (χ3v) is 4.20. The van der Waals surface area contributed by atoms with Crippen LogP contribution in [0.2, 0.25) is 0 Å². The van der Waals surface area contributed by atoms with Crippen molar-refractivity contribution in [1.82, 2.24) is 5.32 Å². The smallest absolute Gasteiger partial charge is 0.237 e. The summed E-state index contributed by atoms with van der Waals surface area (Å²) in [6, 6.07) is -0.627. The molecule has 1 heterocycles. The normalized spacial score (nSPS) is 30.3. The van der Waals surface area contributed by atoms with Crippen molar-refractivity contribution in [1.29, 1.82) is 0 Å². The Labute approximate surface area is 88.8 Å². The standard InChI is InChI=1S/C8H16N2O4S/c1-8(2,7(9)12)10-5-3-15(13,14)4-6(5)11/h5-6,10-11H,3-4H2,1-2H3,(H2,9,12). The van der Waals surface area contributed by atoms with Gasteiger partial charge in [0, 0.05) is 6.04 Å². The van der Waals surface area contributed by atoms with Gasteiger partial charge in [-0.25, -0.2) is 8.42 Å². The Morgan fingerprint density at radius 2 is 2.00 bits per heavy atom. The molecule has 0 aromatic rings. The molecule has 7 heteroatoms. The topological polar surface area (TPSA) is 109 Å². The van der Waals surface area contributed by atoms with Gasteiger partial charge in [0.2, 0.25) is 5.91 Å². The fourth-order valence-electron chi connectivity index (χ4n) is 1.50. The number of aliphatic hydroxyl groups excluding tert-OH is 1. The second-order valence-electron chi connectivity index (χ2n) is 4.38. The van der Waals surface area contributed by atoms with E-state index < -0.39 is 33.4 Å². The molecule has 2 unspecified atom stereocenters. The minimum atomic E-state index is -3.21. The zero-order valence-electron chi connectivity index (χ0n) is 8.73. The monoisotopic (exact) mass is 236 g/mol. The molecule has 0 aromatic heterocycles. The lowest BCUT2D eigenvalue weighted by atomic mass is 10.0. The van der Waals surface area contributed by atoms with Gasteiger partial charge in [0.05, 0.1) is 23.1 Å². The quantitative estimate of drug-likeness (QED) is 0.525. The molecule has 1 amide bonds. The summed E-state index contributed by atoms with van der Waals surface area (Å²) in [5.41, 5.74) is 4.11. The molecule has 0 aliphatic carbocycles. The molecule has 0 saturated carbocycles. The molecular formula is C8H16N2O4S. The van der Waals surface area contributed by atoms with E-state index in [1.165, 1.54) is 0 Å². The molecule has 1 saturated heterocycles. The van der Waals surface area contributed by atoms with Gasteiger partial charge in [-0.15, -0.1) is 0 Å². The number of hydrogen-bond acceptors (Lipinski definition) is 5. The molecule has 15 heavy (non-hydrogen) atoms. The van der Waals surface area contributed by atoms with E-state index in [0.29, 0.717) is 0 Å². The maximum absolute atomic E-state index is 11.2. The van der Waals surface area contributed by atoms with E-state index in [1.54, 1.807) is 13.8 Å². The van der Waals surface area contributed by atoms with Crippen LogP contribution in [0.25, 0.3) is 0 Å². The van der Waals surface area contributed by atoms with Crippen LogP contribution < -0.4 is 11.1 Å². The Bertz CT molecular complexity index is 363. The van der Waals surface area contributed by atoms with Crippen LogP contribution >= 0.6 is 0 Å². The van der Waals surface area contributed by atoms with Crippen molar-refractivity contribution in [2.45, 2.75) is 31.5 Å². The van der Waals surface area contributed by atoms with Crippen LogP contribution in [-0.2, 0) is 14.6 Å². The molecular weight excluding hydrogens is 220 g/mol. The summed E-state index contributed by atoms with van der Waals surface area (Å²) in [4.78, 5) is 11.0. The van der Waals surface area contributed by atoms with Crippen molar-refractivity contribution >= 4 is 15.7 Å². The first-order valence-corrected chi connectivity index (χ1v) is 6.42. The van der Waals surface area contributed by atoms with Gasteiger partial charge in [0.1, 0.15) is 0 Å². The molecule has 1 aliphatic rings. The number of nitrogens with two attached hydrogens (primary N) is 1. The zero-order valence-corrected chi connectivity index (χ0v) is 9.54. The first kappa shape index (κ1) is 12.4. The van der Waals surface area contributed by atoms with Gasteiger partial charge in [-0.1, -0.05) is 0 Å². The van der Waals surface area contributed by atoms with Crippen LogP contribution in [0.4, 0.5) is 0 Å². The number of sulfone groups is 1. The van der Waals surface area contributed by atoms with Gasteiger partial charge in [-0.3, -0.25) is 10.1 Å². The van der Waals surface area contributed by atoms with Gasteiger partial charge >= 0.3 is 0 Å². The minimum absolute atomic E-state index is 0.162. The van der Waals surface area contributed by atoms with Crippen LogP contribution in [0.1, 0.15) is 13.8 Å². The predicted octanol–water partition coefficient (Wildman–Crippen LogP) is -2.00. The summed E-state index contributed by atoms with van der Waals surface area (Å²) in [7, 11) is -3.21. The maximum atomic E-state index is 11.2. The second kappa shape index (κ2) is 3.73. The second-order valence-corrected chi connectivity index (χ2v) is 6.54. The lowest BCUT2D eigenvalue weighted by molar-refractivity contribution is -0.123. The number of nitrogens with one attached hydrogen (secondary N) is 1. The molecule has 1 rings (SSSR count). The Morgan fingerprint density at radius 3 is 2.33 bits per heavy atom. The van der Waals surface area contributed by atoms with E-state index >= 15 is 0 Å². The van der Waals surface area contributed by atoms with Crippen LogP contribution in [0.15, 0.2) is 0 Å². The van der Waals surface area contributed by atoms with Crippen molar-refractivity contribution in [2.75, 3.05) is 11.5 Å². The van der Waals surface area contributed by atoms with Crippen molar-refractivity contribution in [3.63, 3.8) is 0 Å². The molecule has 0 bridgehead atoms. The summed E-state index contributed by atoms with van der Waals surface area (Å²) < 4.78 is 22.4. The number of rotatable bonds is 3. The summed E-state index contributed by atoms with van der Waals surface area (Å²) in [5, 5.41) is 12.2. The van der Waals surface area contributed by atoms with E-state index in [-0.39, 0.29) is 11.5 Å². The van der Waals surface area contributed by atoms with Gasteiger partial charge in [0.25, 0.3) is 0 Å². The molecule has 0 aromatic carbocycles. The maximum Gasteiger partial charge on any atom is 0.237 e. The van der Waals surface area contributed by atoms with Crippen LogP contribution in [-0.4, -0.2) is 48.6 Å². The molecule has 88 valence electrons. The molecule has 0 spiro atoms. The van der Waals surface area contributed by atoms with Crippen molar-refractivity contribution in [2.24, 2.45) is 5.73 Å². The number of amides is 1. The Kier molecular flexibility index (Phi) is 3.09. The van der Waals surface area contributed by atoms with Crippen LogP contribution in [0, 0.1) is 0 Å². The largest absolute Gasteiger partial charge is 0.390 e. The average Bonchev–Trinajstić information content (AvgIpc) is 2.23. The average molecular weight is 236 g/mol. The summed E-state index contributed by atoms with van der Waals surface area (Å²) in [5.74, 6) is -1.01. The summed E-state index contributed by atoms with van der Waals surface area (Å²) >= 11 is 0. The Balaban J connectivity index is 2.73. The van der Waals surface area contributed by atoms with Crippen molar-refractivity contribution < 1.29 is 18.3 Å². The third-order valence-electron chi connectivity index (χ3n) is 2.48. The zero-order chi connectivity index (χ0) is 11.9. The lowest BCUT2D eigenvalue weighted by Crippen LogP contribution is -2.57. The van der Waals surface area contributed by atoms with E-state index in [2.05, 4.69) is 5.32 Å². The molecule has 2 atom stereocenters. The highest BCUT2D eigenvalue weighted by Crippen LogP contribution is 2.15. The highest BCUT2D eigenvalue weighted by molar-refractivity contribution is 7.91. The summed E-state index contributed by atoms with van der Waals surface area (Å²) in [6.07, 6.45) is -0.978. The van der Waals surface area contributed by atoms with Gasteiger partial charge in [0.15, 0.2) is 9.84 Å². The minimum Gasteiger partial charge on any atom is -0.390 e. The summed E-state index contributed by atoms with van der Waals surface area (Å²) in [6.45, 7) is 3.10. The fraction of sp³-hybridized carbons (Fsp3) is 0.875. The van der Waals surface area contributed by atoms with Crippen molar-refractivity contribution in [3.05, 3.63) is 0 Å². The highest BCUT2D eigenvalue weighted by Gasteiger charge is 2.40. The SMILES string of the molecule is CC(C)(NC1CS(=O)(=O)CC1O)C(N)=O. The van der Waals surface area contributed by atoms with E-state index in [0.717, 1.165) is 0 Å². The number of primary amides is 1. The highest BCUT2D eigenvalue weighted by atomic mass is 32.2. The first-order valence-electron chi connectivity index (χ1n) is 4.60. The predicted molar refractivity (Wildman–Crippen MR) is 54.9 cm³/mol. The fourth-order valence-corrected chi connectivity index (χ4v) is 3.24. The first-order chi connectivity index (χ1) is 6.64. The molecule has 1 fully saturated rings. The Hall–Kier alpha value is -0.660. The van der Waals surface area contributed by atoms with Crippen LogP contribution in [0.5, 0.6) is 0 Å². The van der Waals surface area contributed by atoms with E-state index in [4.69, 9.17) is 5.73 Å². The number of carbonyl (C=O) groups is 1. The Morgan fingerprint density at radius 1 is 1.47 bits per heavy atom. The molecule has 1 aliphatic heterocycles. The van der Waals surface area contributed by atoms with Crippen LogP contribution in [0.3, 0.4) is 0 Å². The lowest BCUT2D eigenvalue weighted by Gasteiger charge is -2.27.